The van der Waals surface area contributed by atoms with Gasteiger partial charge in [0.2, 0.25) is 0 Å². The molecule has 0 saturated carbocycles. The SMILES string of the molecule is CCCCC(O)C(O)CC(O)Cc1ccccc1. The fraction of sp³-hybridized carbons (Fsp3) is 0.600. The van der Waals surface area contributed by atoms with E-state index in [4.69, 9.17) is 0 Å². The molecule has 3 atom stereocenters. The number of benzene rings is 1. The van der Waals surface area contributed by atoms with Crippen LogP contribution in [0.4, 0.5) is 0 Å². The predicted molar refractivity (Wildman–Crippen MR) is 72.3 cm³/mol. The molecule has 3 heteroatoms. The van der Waals surface area contributed by atoms with Gasteiger partial charge in [0.05, 0.1) is 18.3 Å². The lowest BCUT2D eigenvalue weighted by Gasteiger charge is -2.20. The van der Waals surface area contributed by atoms with E-state index in [2.05, 4.69) is 0 Å². The van der Waals surface area contributed by atoms with Crippen LogP contribution in [0.1, 0.15) is 38.2 Å². The van der Waals surface area contributed by atoms with Gasteiger partial charge in [-0.05, 0) is 18.4 Å². The number of unbranched alkanes of at least 4 members (excludes halogenated alkanes) is 1. The molecule has 102 valence electrons. The number of rotatable bonds is 8. The van der Waals surface area contributed by atoms with E-state index >= 15 is 0 Å². The van der Waals surface area contributed by atoms with Crippen molar-refractivity contribution in [1.29, 1.82) is 0 Å². The highest BCUT2D eigenvalue weighted by molar-refractivity contribution is 5.15. The number of aliphatic hydroxyl groups is 3. The minimum absolute atomic E-state index is 0.222. The molecule has 0 aromatic heterocycles. The predicted octanol–water partition coefficient (Wildman–Crippen LogP) is 1.89. The summed E-state index contributed by atoms with van der Waals surface area (Å²) in [6.45, 7) is 2.04. The van der Waals surface area contributed by atoms with E-state index in [1.807, 2.05) is 37.3 Å². The Labute approximate surface area is 109 Å². The van der Waals surface area contributed by atoms with E-state index in [0.717, 1.165) is 18.4 Å². The number of aliphatic hydroxyl groups excluding tert-OH is 3. The number of hydrogen-bond acceptors (Lipinski definition) is 3. The summed E-state index contributed by atoms with van der Waals surface area (Å²) >= 11 is 0. The smallest absolute Gasteiger partial charge is 0.0823 e. The largest absolute Gasteiger partial charge is 0.393 e. The second-order valence-corrected chi connectivity index (χ2v) is 4.86. The lowest BCUT2D eigenvalue weighted by molar-refractivity contribution is -0.0161. The molecular weight excluding hydrogens is 228 g/mol. The standard InChI is InChI=1S/C15H24O3/c1-2-3-9-14(17)15(18)11-13(16)10-12-7-5-4-6-8-12/h4-8,13-18H,2-3,9-11H2,1H3. The van der Waals surface area contributed by atoms with Crippen LogP contribution in [0.3, 0.4) is 0 Å². The average Bonchev–Trinajstić information content (AvgIpc) is 2.36. The molecule has 0 amide bonds. The molecule has 1 aromatic rings. The van der Waals surface area contributed by atoms with Gasteiger partial charge in [-0.3, -0.25) is 0 Å². The minimum atomic E-state index is -0.838. The zero-order chi connectivity index (χ0) is 13.4. The molecule has 0 saturated heterocycles. The van der Waals surface area contributed by atoms with Crippen molar-refractivity contribution in [1.82, 2.24) is 0 Å². The molecular formula is C15H24O3. The van der Waals surface area contributed by atoms with E-state index in [-0.39, 0.29) is 6.42 Å². The highest BCUT2D eigenvalue weighted by Gasteiger charge is 2.19. The first kappa shape index (κ1) is 15.2. The van der Waals surface area contributed by atoms with Crippen molar-refractivity contribution >= 4 is 0 Å². The van der Waals surface area contributed by atoms with Gasteiger partial charge in [-0.1, -0.05) is 50.1 Å². The Morgan fingerprint density at radius 1 is 1.00 bits per heavy atom. The summed E-state index contributed by atoms with van der Waals surface area (Å²) in [5, 5.41) is 29.4. The summed E-state index contributed by atoms with van der Waals surface area (Å²) in [6, 6.07) is 9.68. The topological polar surface area (TPSA) is 60.7 Å². The fourth-order valence-electron chi connectivity index (χ4n) is 2.01. The van der Waals surface area contributed by atoms with Gasteiger partial charge in [-0.15, -0.1) is 0 Å². The Balaban J connectivity index is 2.33. The first-order valence-electron chi connectivity index (χ1n) is 6.71. The summed E-state index contributed by atoms with van der Waals surface area (Å²) < 4.78 is 0. The van der Waals surface area contributed by atoms with Crippen LogP contribution in [0, 0.1) is 0 Å². The van der Waals surface area contributed by atoms with Crippen LogP contribution in [-0.2, 0) is 6.42 Å². The third kappa shape index (κ3) is 5.63. The normalized spacial score (nSPS) is 16.2. The molecule has 0 spiro atoms. The minimum Gasteiger partial charge on any atom is -0.393 e. The van der Waals surface area contributed by atoms with E-state index in [9.17, 15) is 15.3 Å². The molecule has 18 heavy (non-hydrogen) atoms. The summed E-state index contributed by atoms with van der Waals surface area (Å²) in [6.07, 6.45) is 1.04. The van der Waals surface area contributed by atoms with Gasteiger partial charge in [-0.2, -0.15) is 0 Å². The Kier molecular flexibility index (Phi) is 6.94. The molecule has 0 aliphatic rings. The first-order valence-corrected chi connectivity index (χ1v) is 6.71. The van der Waals surface area contributed by atoms with E-state index in [0.29, 0.717) is 12.8 Å². The van der Waals surface area contributed by atoms with Gasteiger partial charge in [0, 0.05) is 6.42 Å². The molecule has 0 aliphatic heterocycles. The molecule has 3 unspecified atom stereocenters. The highest BCUT2D eigenvalue weighted by Crippen LogP contribution is 2.13. The average molecular weight is 252 g/mol. The van der Waals surface area contributed by atoms with Crippen molar-refractivity contribution < 1.29 is 15.3 Å². The Morgan fingerprint density at radius 2 is 1.67 bits per heavy atom. The molecule has 0 radical (unpaired) electrons. The molecule has 1 aromatic carbocycles. The van der Waals surface area contributed by atoms with Crippen LogP contribution < -0.4 is 0 Å². The maximum Gasteiger partial charge on any atom is 0.0823 e. The van der Waals surface area contributed by atoms with Crippen LogP contribution >= 0.6 is 0 Å². The third-order valence-corrected chi connectivity index (χ3v) is 3.13. The van der Waals surface area contributed by atoms with E-state index in [1.54, 1.807) is 0 Å². The van der Waals surface area contributed by atoms with E-state index < -0.39 is 18.3 Å². The van der Waals surface area contributed by atoms with Gasteiger partial charge < -0.3 is 15.3 Å². The lowest BCUT2D eigenvalue weighted by Crippen LogP contribution is -2.30. The van der Waals surface area contributed by atoms with Crippen LogP contribution in [0.5, 0.6) is 0 Å². The second-order valence-electron chi connectivity index (χ2n) is 4.86. The zero-order valence-electron chi connectivity index (χ0n) is 11.0. The Hall–Kier alpha value is -0.900. The molecule has 3 N–H and O–H groups in total. The summed E-state index contributed by atoms with van der Waals surface area (Å²) in [7, 11) is 0. The molecule has 0 heterocycles. The van der Waals surface area contributed by atoms with Crippen molar-refractivity contribution in [2.24, 2.45) is 0 Å². The molecule has 0 bridgehead atoms. The van der Waals surface area contributed by atoms with Gasteiger partial charge in [0.25, 0.3) is 0 Å². The van der Waals surface area contributed by atoms with Gasteiger partial charge >= 0.3 is 0 Å². The lowest BCUT2D eigenvalue weighted by atomic mass is 9.98. The molecule has 1 rings (SSSR count). The molecule has 0 aliphatic carbocycles. The zero-order valence-corrected chi connectivity index (χ0v) is 11.0. The van der Waals surface area contributed by atoms with Crippen molar-refractivity contribution in [2.75, 3.05) is 0 Å². The van der Waals surface area contributed by atoms with Crippen LogP contribution in [0.2, 0.25) is 0 Å². The van der Waals surface area contributed by atoms with Crippen LogP contribution in [0.15, 0.2) is 30.3 Å². The third-order valence-electron chi connectivity index (χ3n) is 3.13. The van der Waals surface area contributed by atoms with Gasteiger partial charge in [-0.25, -0.2) is 0 Å². The van der Waals surface area contributed by atoms with Crippen molar-refractivity contribution in [3.8, 4) is 0 Å². The maximum absolute atomic E-state index is 9.88. The summed E-state index contributed by atoms with van der Waals surface area (Å²) in [4.78, 5) is 0. The van der Waals surface area contributed by atoms with E-state index in [1.165, 1.54) is 0 Å². The van der Waals surface area contributed by atoms with Crippen LogP contribution in [0.25, 0.3) is 0 Å². The van der Waals surface area contributed by atoms with Crippen molar-refractivity contribution in [3.05, 3.63) is 35.9 Å². The van der Waals surface area contributed by atoms with Crippen molar-refractivity contribution in [3.63, 3.8) is 0 Å². The summed E-state index contributed by atoms with van der Waals surface area (Å²) in [5.74, 6) is 0. The monoisotopic (exact) mass is 252 g/mol. The van der Waals surface area contributed by atoms with Gasteiger partial charge in [0.15, 0.2) is 0 Å². The fourth-order valence-corrected chi connectivity index (χ4v) is 2.01. The summed E-state index contributed by atoms with van der Waals surface area (Å²) in [5.41, 5.74) is 1.04. The Bertz CT molecular complexity index is 313. The van der Waals surface area contributed by atoms with Gasteiger partial charge in [0.1, 0.15) is 0 Å². The van der Waals surface area contributed by atoms with Crippen LogP contribution in [-0.4, -0.2) is 33.6 Å². The molecule has 0 fully saturated rings. The van der Waals surface area contributed by atoms with Crippen molar-refractivity contribution in [2.45, 2.75) is 57.3 Å². The maximum atomic E-state index is 9.88. The Morgan fingerprint density at radius 3 is 2.28 bits per heavy atom. The second kappa shape index (κ2) is 8.25. The highest BCUT2D eigenvalue weighted by atomic mass is 16.3. The molecule has 3 nitrogen and oxygen atoms in total. The quantitative estimate of drug-likeness (QED) is 0.662. The number of hydrogen-bond donors (Lipinski definition) is 3. The first-order chi connectivity index (χ1) is 8.63.